The molecule has 8 heteroatoms. The molecule has 2 atom stereocenters. The van der Waals surface area contributed by atoms with E-state index in [4.69, 9.17) is 5.11 Å². The molecule has 1 aliphatic rings. The lowest BCUT2D eigenvalue weighted by molar-refractivity contribution is -0.147. The molecule has 1 aromatic rings. The fourth-order valence-electron chi connectivity index (χ4n) is 2.28. The predicted molar refractivity (Wildman–Crippen MR) is 60.5 cm³/mol. The van der Waals surface area contributed by atoms with Crippen LogP contribution in [0.2, 0.25) is 0 Å². The van der Waals surface area contributed by atoms with Crippen molar-refractivity contribution in [3.63, 3.8) is 0 Å². The van der Waals surface area contributed by atoms with Crippen LogP contribution in [0.15, 0.2) is 0 Å². The number of hydrogen-bond acceptors (Lipinski definition) is 5. The van der Waals surface area contributed by atoms with Gasteiger partial charge < -0.3 is 5.11 Å². The van der Waals surface area contributed by atoms with Crippen LogP contribution in [0.4, 0.5) is 5.95 Å². The highest BCUT2D eigenvalue weighted by atomic mass is 16.4. The Labute approximate surface area is 103 Å². The van der Waals surface area contributed by atoms with Crippen molar-refractivity contribution >= 4 is 17.8 Å². The van der Waals surface area contributed by atoms with E-state index in [2.05, 4.69) is 20.7 Å². The molecule has 2 N–H and O–H groups in total. The Balaban J connectivity index is 2.04. The van der Waals surface area contributed by atoms with Crippen LogP contribution in [-0.4, -0.2) is 37.2 Å². The molecule has 0 bridgehead atoms. The number of carboxylic acid groups (broad SMARTS) is 1. The Morgan fingerprint density at radius 2 is 2.00 bits per heavy atom. The standard InChI is InChI=1S/C10H15N5O3/c1-15-13-10(12-14-15)11-8(16)6-4-2-3-5-7(6)9(17)18/h6-7H,2-5H2,1H3,(H,17,18)(H,11,13,16). The maximum Gasteiger partial charge on any atom is 0.307 e. The monoisotopic (exact) mass is 253 g/mol. The highest BCUT2D eigenvalue weighted by Crippen LogP contribution is 2.30. The molecule has 18 heavy (non-hydrogen) atoms. The molecular weight excluding hydrogens is 238 g/mol. The molecule has 0 aliphatic heterocycles. The van der Waals surface area contributed by atoms with Crippen LogP contribution in [0.3, 0.4) is 0 Å². The number of carboxylic acids is 1. The van der Waals surface area contributed by atoms with Gasteiger partial charge in [0.15, 0.2) is 0 Å². The highest BCUT2D eigenvalue weighted by molar-refractivity contribution is 5.93. The van der Waals surface area contributed by atoms with Crippen molar-refractivity contribution in [2.45, 2.75) is 25.7 Å². The van der Waals surface area contributed by atoms with Crippen LogP contribution in [0.25, 0.3) is 0 Å². The van der Waals surface area contributed by atoms with Gasteiger partial charge in [0.25, 0.3) is 5.95 Å². The number of nitrogens with zero attached hydrogens (tertiary/aromatic N) is 4. The van der Waals surface area contributed by atoms with E-state index in [1.54, 1.807) is 7.05 Å². The van der Waals surface area contributed by atoms with E-state index in [1.807, 2.05) is 0 Å². The third kappa shape index (κ3) is 2.63. The first-order valence-corrected chi connectivity index (χ1v) is 5.85. The molecule has 0 radical (unpaired) electrons. The van der Waals surface area contributed by atoms with Gasteiger partial charge in [0, 0.05) is 0 Å². The average molecular weight is 253 g/mol. The zero-order valence-corrected chi connectivity index (χ0v) is 10.0. The lowest BCUT2D eigenvalue weighted by Gasteiger charge is -2.26. The molecule has 1 amide bonds. The van der Waals surface area contributed by atoms with Gasteiger partial charge in [-0.25, -0.2) is 0 Å². The summed E-state index contributed by atoms with van der Waals surface area (Å²) >= 11 is 0. The molecule has 0 spiro atoms. The molecule has 2 unspecified atom stereocenters. The number of carbonyl (C=O) groups excluding carboxylic acids is 1. The Hall–Kier alpha value is -1.99. The normalized spacial score (nSPS) is 23.6. The summed E-state index contributed by atoms with van der Waals surface area (Å²) in [5.41, 5.74) is 0. The summed E-state index contributed by atoms with van der Waals surface area (Å²) in [5, 5.41) is 22.7. The van der Waals surface area contributed by atoms with E-state index in [1.165, 1.54) is 4.80 Å². The molecule has 1 fully saturated rings. The Bertz CT molecular complexity index is 458. The number of aryl methyl sites for hydroxylation is 1. The molecule has 2 rings (SSSR count). The Morgan fingerprint density at radius 1 is 1.33 bits per heavy atom. The zero-order chi connectivity index (χ0) is 13.1. The van der Waals surface area contributed by atoms with Crippen molar-refractivity contribution in [1.29, 1.82) is 0 Å². The molecule has 1 saturated carbocycles. The lowest BCUT2D eigenvalue weighted by Crippen LogP contribution is -2.36. The lowest BCUT2D eigenvalue weighted by atomic mass is 9.79. The van der Waals surface area contributed by atoms with Crippen molar-refractivity contribution in [1.82, 2.24) is 20.2 Å². The first kappa shape index (κ1) is 12.5. The van der Waals surface area contributed by atoms with Gasteiger partial charge in [-0.3, -0.25) is 14.9 Å². The summed E-state index contributed by atoms with van der Waals surface area (Å²) in [7, 11) is 1.59. The minimum absolute atomic E-state index is 0.109. The number of rotatable bonds is 3. The van der Waals surface area contributed by atoms with Crippen molar-refractivity contribution in [3.8, 4) is 0 Å². The van der Waals surface area contributed by atoms with Crippen LogP contribution in [0.5, 0.6) is 0 Å². The number of tetrazole rings is 1. The van der Waals surface area contributed by atoms with Crippen molar-refractivity contribution in [3.05, 3.63) is 0 Å². The summed E-state index contributed by atoms with van der Waals surface area (Å²) in [6.07, 6.45) is 2.85. The molecule has 8 nitrogen and oxygen atoms in total. The van der Waals surface area contributed by atoms with Crippen LogP contribution < -0.4 is 5.32 Å². The fraction of sp³-hybridized carbons (Fsp3) is 0.700. The van der Waals surface area contributed by atoms with E-state index in [0.717, 1.165) is 12.8 Å². The fourth-order valence-corrected chi connectivity index (χ4v) is 2.28. The van der Waals surface area contributed by atoms with E-state index in [-0.39, 0.29) is 11.9 Å². The minimum atomic E-state index is -0.915. The number of amides is 1. The minimum Gasteiger partial charge on any atom is -0.481 e. The van der Waals surface area contributed by atoms with E-state index in [0.29, 0.717) is 12.8 Å². The molecular formula is C10H15N5O3. The predicted octanol–water partition coefficient (Wildman–Crippen LogP) is 0.0396. The van der Waals surface area contributed by atoms with Gasteiger partial charge in [0.05, 0.1) is 18.9 Å². The van der Waals surface area contributed by atoms with Crippen LogP contribution >= 0.6 is 0 Å². The van der Waals surface area contributed by atoms with Gasteiger partial charge in [0.1, 0.15) is 0 Å². The molecule has 0 aromatic carbocycles. The Kier molecular flexibility index (Phi) is 3.54. The second-order valence-electron chi connectivity index (χ2n) is 4.43. The van der Waals surface area contributed by atoms with Crippen LogP contribution in [-0.2, 0) is 16.6 Å². The Morgan fingerprint density at radius 3 is 2.56 bits per heavy atom. The van der Waals surface area contributed by atoms with Gasteiger partial charge in [-0.1, -0.05) is 17.9 Å². The van der Waals surface area contributed by atoms with Crippen LogP contribution in [0, 0.1) is 11.8 Å². The van der Waals surface area contributed by atoms with Gasteiger partial charge in [-0.2, -0.15) is 4.80 Å². The van der Waals surface area contributed by atoms with E-state index >= 15 is 0 Å². The van der Waals surface area contributed by atoms with Gasteiger partial charge in [0.2, 0.25) is 5.91 Å². The summed E-state index contributed by atoms with van der Waals surface area (Å²) < 4.78 is 0. The third-order valence-corrected chi connectivity index (χ3v) is 3.16. The maximum atomic E-state index is 12.0. The van der Waals surface area contributed by atoms with E-state index in [9.17, 15) is 9.59 Å². The number of anilines is 1. The third-order valence-electron chi connectivity index (χ3n) is 3.16. The van der Waals surface area contributed by atoms with Gasteiger partial charge in [-0.15, -0.1) is 5.10 Å². The molecule has 1 aliphatic carbocycles. The highest BCUT2D eigenvalue weighted by Gasteiger charge is 2.36. The van der Waals surface area contributed by atoms with Crippen molar-refractivity contribution in [2.75, 3.05) is 5.32 Å². The van der Waals surface area contributed by atoms with Crippen LogP contribution in [0.1, 0.15) is 25.7 Å². The number of nitrogens with one attached hydrogen (secondary N) is 1. The summed E-state index contributed by atoms with van der Waals surface area (Å²) in [5.74, 6) is -2.27. The number of carbonyl (C=O) groups is 2. The number of hydrogen-bond donors (Lipinski definition) is 2. The largest absolute Gasteiger partial charge is 0.481 e. The summed E-state index contributed by atoms with van der Waals surface area (Å²) in [4.78, 5) is 24.3. The van der Waals surface area contributed by atoms with Gasteiger partial charge >= 0.3 is 5.97 Å². The second kappa shape index (κ2) is 5.11. The summed E-state index contributed by atoms with van der Waals surface area (Å²) in [6.45, 7) is 0. The summed E-state index contributed by atoms with van der Waals surface area (Å²) in [6, 6.07) is 0. The van der Waals surface area contributed by atoms with Crippen molar-refractivity contribution < 1.29 is 14.7 Å². The maximum absolute atomic E-state index is 12.0. The first-order valence-electron chi connectivity index (χ1n) is 5.85. The molecule has 0 saturated heterocycles. The zero-order valence-electron chi connectivity index (χ0n) is 10.0. The smallest absolute Gasteiger partial charge is 0.307 e. The average Bonchev–Trinajstić information content (AvgIpc) is 2.74. The molecule has 1 aromatic heterocycles. The first-order chi connectivity index (χ1) is 8.58. The van der Waals surface area contributed by atoms with Gasteiger partial charge in [-0.05, 0) is 18.1 Å². The number of aliphatic carboxylic acids is 1. The topological polar surface area (TPSA) is 110 Å². The SMILES string of the molecule is Cn1nnc(NC(=O)C2CCCCC2C(=O)O)n1. The molecule has 98 valence electrons. The number of aromatic nitrogens is 4. The van der Waals surface area contributed by atoms with Crippen molar-refractivity contribution in [2.24, 2.45) is 18.9 Å². The second-order valence-corrected chi connectivity index (χ2v) is 4.43. The molecule has 1 heterocycles. The quantitative estimate of drug-likeness (QED) is 0.787. The van der Waals surface area contributed by atoms with E-state index < -0.39 is 17.8 Å².